The van der Waals surface area contributed by atoms with Gasteiger partial charge in [-0.05, 0) is 23.6 Å². The fourth-order valence-electron chi connectivity index (χ4n) is 1.86. The molecule has 0 bridgehead atoms. The van der Waals surface area contributed by atoms with Crippen molar-refractivity contribution in [1.29, 1.82) is 0 Å². The highest BCUT2D eigenvalue weighted by Gasteiger charge is 2.17. The van der Waals surface area contributed by atoms with Crippen molar-refractivity contribution in [1.82, 2.24) is 9.97 Å². The summed E-state index contributed by atoms with van der Waals surface area (Å²) in [4.78, 5) is 19.7. The number of halogens is 1. The zero-order chi connectivity index (χ0) is 13.4. The van der Waals surface area contributed by atoms with Crippen LogP contribution in [0.1, 0.15) is 10.4 Å². The topological polar surface area (TPSA) is 55.0 Å². The normalized spacial score (nSPS) is 10.8. The molecule has 0 amide bonds. The Labute approximate surface area is 111 Å². The van der Waals surface area contributed by atoms with Crippen molar-refractivity contribution >= 4 is 28.3 Å². The first-order valence-corrected chi connectivity index (χ1v) is 6.39. The molecule has 0 aliphatic carbocycles. The Hall–Kier alpha value is -2.21. The van der Waals surface area contributed by atoms with E-state index in [-0.39, 0.29) is 16.6 Å². The fourth-order valence-corrected chi connectivity index (χ4v) is 2.53. The van der Waals surface area contributed by atoms with E-state index in [9.17, 15) is 9.18 Å². The number of carbonyl (C=O) groups excluding carboxylic acids is 1. The van der Waals surface area contributed by atoms with Gasteiger partial charge in [-0.25, -0.2) is 14.2 Å². The van der Waals surface area contributed by atoms with Crippen molar-refractivity contribution in [2.24, 2.45) is 0 Å². The Kier molecular flexibility index (Phi) is 2.79. The summed E-state index contributed by atoms with van der Waals surface area (Å²) in [5, 5.41) is 1.90. The van der Waals surface area contributed by atoms with Crippen molar-refractivity contribution in [3.05, 3.63) is 41.0 Å². The number of nitrogens with one attached hydrogen (secondary N) is 1. The average molecular weight is 276 g/mol. The molecule has 0 saturated heterocycles. The molecule has 3 aromatic rings. The van der Waals surface area contributed by atoms with Crippen LogP contribution < -0.4 is 0 Å². The second-order valence-corrected chi connectivity index (χ2v) is 4.82. The molecule has 0 aliphatic rings. The van der Waals surface area contributed by atoms with Gasteiger partial charge in [-0.1, -0.05) is 6.07 Å². The molecule has 6 heteroatoms. The molecular formula is C13H9FN2O2S. The molecule has 2 aromatic heterocycles. The summed E-state index contributed by atoms with van der Waals surface area (Å²) >= 11 is 1.48. The van der Waals surface area contributed by atoms with E-state index in [1.807, 2.05) is 17.5 Å². The summed E-state index contributed by atoms with van der Waals surface area (Å²) in [5.74, 6) is -0.438. The fraction of sp³-hybridized carbons (Fsp3) is 0.0769. The van der Waals surface area contributed by atoms with Gasteiger partial charge in [-0.15, -0.1) is 11.3 Å². The van der Waals surface area contributed by atoms with E-state index >= 15 is 0 Å². The van der Waals surface area contributed by atoms with E-state index in [1.165, 1.54) is 30.6 Å². The molecular weight excluding hydrogens is 267 g/mol. The molecule has 0 radical (unpaired) electrons. The van der Waals surface area contributed by atoms with E-state index in [4.69, 9.17) is 0 Å². The van der Waals surface area contributed by atoms with Gasteiger partial charge in [0.15, 0.2) is 0 Å². The summed E-state index contributed by atoms with van der Waals surface area (Å²) < 4.78 is 18.4. The molecule has 0 saturated carbocycles. The molecule has 0 spiro atoms. The van der Waals surface area contributed by atoms with Crippen LogP contribution in [0.2, 0.25) is 0 Å². The summed E-state index contributed by atoms with van der Waals surface area (Å²) in [6, 6.07) is 6.36. The van der Waals surface area contributed by atoms with Gasteiger partial charge in [0.05, 0.1) is 17.6 Å². The largest absolute Gasteiger partial charge is 0.465 e. The van der Waals surface area contributed by atoms with Crippen LogP contribution in [-0.4, -0.2) is 23.0 Å². The standard InChI is InChI=1S/C13H9FN2O2S/c1-18-13(17)7-4-5-8(14)11-10(7)15-12(16-11)9-3-2-6-19-9/h2-6H,1H3,(H,15,16). The van der Waals surface area contributed by atoms with Gasteiger partial charge >= 0.3 is 5.97 Å². The molecule has 4 nitrogen and oxygen atoms in total. The monoisotopic (exact) mass is 276 g/mol. The van der Waals surface area contributed by atoms with Crippen molar-refractivity contribution in [2.75, 3.05) is 7.11 Å². The molecule has 2 heterocycles. The number of aromatic amines is 1. The van der Waals surface area contributed by atoms with Crippen molar-refractivity contribution < 1.29 is 13.9 Å². The summed E-state index contributed by atoms with van der Waals surface area (Å²) in [7, 11) is 1.28. The maximum absolute atomic E-state index is 13.8. The number of hydrogen-bond donors (Lipinski definition) is 1. The lowest BCUT2D eigenvalue weighted by Gasteiger charge is -1.99. The SMILES string of the molecule is COC(=O)c1ccc(F)c2[nH]c(-c3cccs3)nc12. The first-order chi connectivity index (χ1) is 9.20. The summed E-state index contributed by atoms with van der Waals surface area (Å²) in [5.41, 5.74) is 0.750. The molecule has 96 valence electrons. The van der Waals surface area contributed by atoms with Gasteiger partial charge < -0.3 is 9.72 Å². The number of carbonyl (C=O) groups is 1. The van der Waals surface area contributed by atoms with Crippen LogP contribution in [0.15, 0.2) is 29.6 Å². The summed E-state index contributed by atoms with van der Waals surface area (Å²) in [6.07, 6.45) is 0. The number of thiophene rings is 1. The van der Waals surface area contributed by atoms with Crippen LogP contribution in [0.25, 0.3) is 21.7 Å². The Bertz CT molecular complexity index is 749. The molecule has 19 heavy (non-hydrogen) atoms. The Morgan fingerprint density at radius 3 is 2.95 bits per heavy atom. The smallest absolute Gasteiger partial charge is 0.340 e. The van der Waals surface area contributed by atoms with Gasteiger partial charge in [0.2, 0.25) is 0 Å². The Balaban J connectivity index is 2.26. The molecule has 0 unspecified atom stereocenters. The molecule has 0 atom stereocenters. The lowest BCUT2D eigenvalue weighted by Crippen LogP contribution is -2.02. The van der Waals surface area contributed by atoms with E-state index in [2.05, 4.69) is 14.7 Å². The minimum atomic E-state index is -0.533. The average Bonchev–Trinajstić information content (AvgIpc) is 3.07. The number of imidazole rings is 1. The van der Waals surface area contributed by atoms with E-state index in [0.717, 1.165) is 4.88 Å². The highest BCUT2D eigenvalue weighted by Crippen LogP contribution is 2.27. The highest BCUT2D eigenvalue weighted by atomic mass is 32.1. The van der Waals surface area contributed by atoms with E-state index < -0.39 is 11.8 Å². The van der Waals surface area contributed by atoms with E-state index in [0.29, 0.717) is 5.82 Å². The molecule has 1 aromatic carbocycles. The number of aromatic nitrogens is 2. The van der Waals surface area contributed by atoms with Gasteiger partial charge in [-0.2, -0.15) is 0 Å². The van der Waals surface area contributed by atoms with Gasteiger partial charge in [0.25, 0.3) is 0 Å². The van der Waals surface area contributed by atoms with Crippen LogP contribution >= 0.6 is 11.3 Å². The second kappa shape index (κ2) is 4.47. The molecule has 3 rings (SSSR count). The zero-order valence-electron chi connectivity index (χ0n) is 9.94. The number of benzene rings is 1. The highest BCUT2D eigenvalue weighted by molar-refractivity contribution is 7.13. The predicted molar refractivity (Wildman–Crippen MR) is 70.7 cm³/mol. The lowest BCUT2D eigenvalue weighted by molar-refractivity contribution is 0.0603. The van der Waals surface area contributed by atoms with Gasteiger partial charge in [-0.3, -0.25) is 0 Å². The third-order valence-corrected chi connectivity index (χ3v) is 3.63. The third kappa shape index (κ3) is 1.90. The van der Waals surface area contributed by atoms with Crippen molar-refractivity contribution in [3.63, 3.8) is 0 Å². The maximum Gasteiger partial charge on any atom is 0.340 e. The predicted octanol–water partition coefficient (Wildman–Crippen LogP) is 3.22. The number of esters is 1. The quantitative estimate of drug-likeness (QED) is 0.731. The van der Waals surface area contributed by atoms with Crippen molar-refractivity contribution in [3.8, 4) is 10.7 Å². The summed E-state index contributed by atoms with van der Waals surface area (Å²) in [6.45, 7) is 0. The third-order valence-electron chi connectivity index (χ3n) is 2.75. The number of rotatable bonds is 2. The number of nitrogens with zero attached hydrogens (tertiary/aromatic N) is 1. The minimum absolute atomic E-state index is 0.214. The maximum atomic E-state index is 13.8. The van der Waals surface area contributed by atoms with Gasteiger partial charge in [0.1, 0.15) is 22.7 Å². The molecule has 0 aliphatic heterocycles. The number of ether oxygens (including phenoxy) is 1. The lowest BCUT2D eigenvalue weighted by atomic mass is 10.2. The number of H-pyrrole nitrogens is 1. The van der Waals surface area contributed by atoms with E-state index in [1.54, 1.807) is 0 Å². The number of fused-ring (bicyclic) bond motifs is 1. The van der Waals surface area contributed by atoms with Crippen LogP contribution in [0.4, 0.5) is 4.39 Å². The van der Waals surface area contributed by atoms with Crippen LogP contribution in [0.3, 0.4) is 0 Å². The molecule has 1 N–H and O–H groups in total. The van der Waals surface area contributed by atoms with Crippen LogP contribution in [0.5, 0.6) is 0 Å². The first-order valence-electron chi connectivity index (χ1n) is 5.51. The minimum Gasteiger partial charge on any atom is -0.465 e. The van der Waals surface area contributed by atoms with Crippen molar-refractivity contribution in [2.45, 2.75) is 0 Å². The number of hydrogen-bond acceptors (Lipinski definition) is 4. The molecule has 0 fully saturated rings. The van der Waals surface area contributed by atoms with Gasteiger partial charge in [0, 0.05) is 0 Å². The van der Waals surface area contributed by atoms with Crippen LogP contribution in [-0.2, 0) is 4.74 Å². The zero-order valence-corrected chi connectivity index (χ0v) is 10.8. The first kappa shape index (κ1) is 11.9. The Morgan fingerprint density at radius 1 is 1.42 bits per heavy atom. The van der Waals surface area contributed by atoms with Crippen LogP contribution in [0, 0.1) is 5.82 Å². The second-order valence-electron chi connectivity index (χ2n) is 3.87. The number of methoxy groups -OCH3 is 1. The Morgan fingerprint density at radius 2 is 2.26 bits per heavy atom.